The van der Waals surface area contributed by atoms with Gasteiger partial charge in [0.15, 0.2) is 23.2 Å². The molecule has 0 spiro atoms. The maximum absolute atomic E-state index is 12.8. The van der Waals surface area contributed by atoms with E-state index in [0.29, 0.717) is 46.6 Å². The lowest BCUT2D eigenvalue weighted by Crippen LogP contribution is -2.22. The average Bonchev–Trinajstić information content (AvgIpc) is 3.64. The van der Waals surface area contributed by atoms with E-state index in [1.54, 1.807) is 30.4 Å². The SMILES string of the molecule is CCC(=O)c1cnc(Nc2ccc(CCN3CCCC3)nn2)cc1Nc1cccc(-c2ncn(C)n2)c1OC. The Hall–Kier alpha value is -4.38. The summed E-state index contributed by atoms with van der Waals surface area (Å²) in [6.07, 6.45) is 6.99. The molecule has 0 aliphatic carbocycles. The van der Waals surface area contributed by atoms with Gasteiger partial charge in [-0.2, -0.15) is 10.2 Å². The number of ether oxygens (including phenoxy) is 1. The van der Waals surface area contributed by atoms with Crippen molar-refractivity contribution in [2.24, 2.45) is 7.05 Å². The van der Waals surface area contributed by atoms with Crippen LogP contribution in [-0.4, -0.2) is 67.4 Å². The lowest BCUT2D eigenvalue weighted by molar-refractivity contribution is 0.0988. The van der Waals surface area contributed by atoms with Crippen LogP contribution in [0.3, 0.4) is 0 Å². The molecule has 11 heteroatoms. The zero-order valence-electron chi connectivity index (χ0n) is 22.5. The number of rotatable bonds is 11. The summed E-state index contributed by atoms with van der Waals surface area (Å²) in [5, 5.41) is 19.7. The number of hydrogen-bond donors (Lipinski definition) is 2. The van der Waals surface area contributed by atoms with Crippen molar-refractivity contribution in [1.29, 1.82) is 0 Å². The minimum absolute atomic E-state index is 0.0276. The number of carbonyl (C=O) groups excluding carboxylic acids is 1. The van der Waals surface area contributed by atoms with Gasteiger partial charge in [0.05, 0.1) is 35.3 Å². The van der Waals surface area contributed by atoms with E-state index >= 15 is 0 Å². The number of benzene rings is 1. The lowest BCUT2D eigenvalue weighted by atomic mass is 10.1. The van der Waals surface area contributed by atoms with E-state index in [2.05, 4.69) is 40.8 Å². The van der Waals surface area contributed by atoms with Gasteiger partial charge >= 0.3 is 0 Å². The van der Waals surface area contributed by atoms with Crippen LogP contribution in [0.5, 0.6) is 5.75 Å². The van der Waals surface area contributed by atoms with Crippen LogP contribution in [-0.2, 0) is 13.5 Å². The Labute approximate surface area is 227 Å². The van der Waals surface area contributed by atoms with Gasteiger partial charge in [-0.25, -0.2) is 9.97 Å². The van der Waals surface area contributed by atoms with Gasteiger partial charge < -0.3 is 20.3 Å². The van der Waals surface area contributed by atoms with Gasteiger partial charge in [0, 0.05) is 38.7 Å². The fourth-order valence-corrected chi connectivity index (χ4v) is 4.65. The van der Waals surface area contributed by atoms with Gasteiger partial charge in [-0.15, -0.1) is 5.10 Å². The molecule has 4 aromatic rings. The second-order valence-corrected chi connectivity index (χ2v) is 9.48. The van der Waals surface area contributed by atoms with Crippen LogP contribution in [0, 0.1) is 0 Å². The van der Waals surface area contributed by atoms with E-state index in [9.17, 15) is 4.79 Å². The molecule has 0 amide bonds. The van der Waals surface area contributed by atoms with Crippen molar-refractivity contribution in [2.75, 3.05) is 37.4 Å². The third-order valence-corrected chi connectivity index (χ3v) is 6.71. The number of methoxy groups -OCH3 is 1. The lowest BCUT2D eigenvalue weighted by Gasteiger charge is -2.17. The minimum atomic E-state index is -0.0276. The molecule has 0 radical (unpaired) electrons. The molecule has 3 aromatic heterocycles. The highest BCUT2D eigenvalue weighted by molar-refractivity contribution is 6.02. The Morgan fingerprint density at radius 2 is 1.87 bits per heavy atom. The van der Waals surface area contributed by atoms with E-state index in [4.69, 9.17) is 4.74 Å². The number of aromatic nitrogens is 6. The van der Waals surface area contributed by atoms with Crippen molar-refractivity contribution in [3.63, 3.8) is 0 Å². The van der Waals surface area contributed by atoms with Gasteiger partial charge in [0.25, 0.3) is 0 Å². The second-order valence-electron chi connectivity index (χ2n) is 9.48. The van der Waals surface area contributed by atoms with Crippen LogP contribution < -0.4 is 15.4 Å². The van der Waals surface area contributed by atoms with Crippen LogP contribution in [0.1, 0.15) is 42.2 Å². The molecule has 4 heterocycles. The predicted molar refractivity (Wildman–Crippen MR) is 150 cm³/mol. The third kappa shape index (κ3) is 6.20. The Morgan fingerprint density at radius 1 is 1.03 bits per heavy atom. The molecule has 1 saturated heterocycles. The summed E-state index contributed by atoms with van der Waals surface area (Å²) in [6, 6.07) is 11.3. The standard InChI is InChI=1S/C28H33N9O2/c1-4-24(38)21-17-29-26(32-25-11-10-19(33-34-25)12-15-37-13-5-6-14-37)16-23(21)31-22-9-7-8-20(27(22)39-3)28-30-18-36(2)35-28/h7-11,16-18H,4-6,12-15H2,1-3H3,(H2,29,31,32,34). The topological polar surface area (TPSA) is 123 Å². The number of para-hydroxylation sites is 1. The molecule has 0 unspecified atom stereocenters. The van der Waals surface area contributed by atoms with E-state index in [-0.39, 0.29) is 5.78 Å². The predicted octanol–water partition coefficient (Wildman–Crippen LogP) is 4.39. The first-order valence-corrected chi connectivity index (χ1v) is 13.2. The van der Waals surface area contributed by atoms with Crippen molar-refractivity contribution in [1.82, 2.24) is 34.8 Å². The first-order chi connectivity index (χ1) is 19.0. The van der Waals surface area contributed by atoms with Crippen LogP contribution in [0.2, 0.25) is 0 Å². The Bertz CT molecular complexity index is 1430. The first-order valence-electron chi connectivity index (χ1n) is 13.2. The molecule has 0 bridgehead atoms. The molecule has 5 rings (SSSR count). The molecule has 1 fully saturated rings. The maximum Gasteiger partial charge on any atom is 0.184 e. The van der Waals surface area contributed by atoms with Crippen molar-refractivity contribution in [3.8, 4) is 17.1 Å². The summed E-state index contributed by atoms with van der Waals surface area (Å²) in [5.41, 5.74) is 3.45. The molecule has 39 heavy (non-hydrogen) atoms. The highest BCUT2D eigenvalue weighted by atomic mass is 16.5. The van der Waals surface area contributed by atoms with Gasteiger partial charge in [-0.05, 0) is 50.2 Å². The van der Waals surface area contributed by atoms with E-state index < -0.39 is 0 Å². The van der Waals surface area contributed by atoms with E-state index in [1.807, 2.05) is 44.3 Å². The summed E-state index contributed by atoms with van der Waals surface area (Å²) >= 11 is 0. The van der Waals surface area contributed by atoms with Crippen molar-refractivity contribution in [3.05, 3.63) is 60.2 Å². The number of nitrogens with one attached hydrogen (secondary N) is 2. The fourth-order valence-electron chi connectivity index (χ4n) is 4.65. The number of ketones is 1. The fraction of sp³-hybridized carbons (Fsp3) is 0.357. The highest BCUT2D eigenvalue weighted by Crippen LogP contribution is 2.37. The Balaban J connectivity index is 1.37. The molecular formula is C28H33N9O2. The summed E-state index contributed by atoms with van der Waals surface area (Å²) < 4.78 is 7.37. The van der Waals surface area contributed by atoms with E-state index in [0.717, 1.165) is 24.2 Å². The van der Waals surface area contributed by atoms with Gasteiger partial charge in [0.1, 0.15) is 12.1 Å². The van der Waals surface area contributed by atoms with Gasteiger partial charge in [-0.1, -0.05) is 13.0 Å². The number of carbonyl (C=O) groups is 1. The van der Waals surface area contributed by atoms with Gasteiger partial charge in [0.2, 0.25) is 0 Å². The normalized spacial score (nSPS) is 13.4. The molecule has 202 valence electrons. The maximum atomic E-state index is 12.8. The number of likely N-dealkylation sites (tertiary alicyclic amines) is 1. The van der Waals surface area contributed by atoms with Crippen LogP contribution in [0.15, 0.2) is 48.9 Å². The molecule has 1 aromatic carbocycles. The molecule has 0 saturated carbocycles. The smallest absolute Gasteiger partial charge is 0.184 e. The molecular weight excluding hydrogens is 494 g/mol. The molecule has 0 atom stereocenters. The quantitative estimate of drug-likeness (QED) is 0.271. The van der Waals surface area contributed by atoms with Gasteiger partial charge in [-0.3, -0.25) is 9.48 Å². The number of Topliss-reactive ketones (excluding diaryl/α,β-unsaturated/α-hetero) is 1. The van der Waals surface area contributed by atoms with Crippen LogP contribution in [0.4, 0.5) is 23.0 Å². The van der Waals surface area contributed by atoms with Crippen molar-refractivity contribution in [2.45, 2.75) is 32.6 Å². The highest BCUT2D eigenvalue weighted by Gasteiger charge is 2.18. The van der Waals surface area contributed by atoms with Crippen LogP contribution >= 0.6 is 0 Å². The third-order valence-electron chi connectivity index (χ3n) is 6.71. The zero-order valence-corrected chi connectivity index (χ0v) is 22.5. The second kappa shape index (κ2) is 12.0. The number of pyridine rings is 1. The summed E-state index contributed by atoms with van der Waals surface area (Å²) in [5.74, 6) is 2.20. The minimum Gasteiger partial charge on any atom is -0.494 e. The molecule has 1 aliphatic heterocycles. The number of aryl methyl sites for hydroxylation is 1. The summed E-state index contributed by atoms with van der Waals surface area (Å²) in [4.78, 5) is 24.0. The summed E-state index contributed by atoms with van der Waals surface area (Å²) in [6.45, 7) is 5.17. The number of nitrogens with zero attached hydrogens (tertiary/aromatic N) is 7. The molecule has 11 nitrogen and oxygen atoms in total. The Morgan fingerprint density at radius 3 is 2.56 bits per heavy atom. The largest absolute Gasteiger partial charge is 0.494 e. The zero-order chi connectivity index (χ0) is 27.2. The van der Waals surface area contributed by atoms with Crippen LogP contribution in [0.25, 0.3) is 11.4 Å². The first kappa shape index (κ1) is 26.2. The molecule has 1 aliphatic rings. The summed E-state index contributed by atoms with van der Waals surface area (Å²) in [7, 11) is 3.41. The van der Waals surface area contributed by atoms with Crippen molar-refractivity contribution < 1.29 is 9.53 Å². The average molecular weight is 528 g/mol. The Kier molecular flexibility index (Phi) is 8.07. The monoisotopic (exact) mass is 527 g/mol. The molecule has 2 N–H and O–H groups in total. The number of anilines is 4. The van der Waals surface area contributed by atoms with E-state index in [1.165, 1.54) is 25.9 Å². The van der Waals surface area contributed by atoms with Crippen molar-refractivity contribution >= 4 is 28.8 Å². The number of hydrogen-bond acceptors (Lipinski definition) is 10.